The number of amides is 2. The van der Waals surface area contributed by atoms with Crippen LogP contribution in [0.2, 0.25) is 0 Å². The van der Waals surface area contributed by atoms with E-state index in [1.165, 1.54) is 46.6 Å². The zero-order chi connectivity index (χ0) is 19.3. The van der Waals surface area contributed by atoms with Gasteiger partial charge in [0.2, 0.25) is 5.91 Å². The molecular formula is C21H21N3O2S2. The fourth-order valence-electron chi connectivity index (χ4n) is 3.32. The molecule has 0 saturated carbocycles. The molecule has 4 rings (SSSR count). The second-order valence-electron chi connectivity index (χ2n) is 6.79. The Morgan fingerprint density at radius 1 is 1.07 bits per heavy atom. The molecule has 0 aliphatic heterocycles. The van der Waals surface area contributed by atoms with Crippen molar-refractivity contribution in [1.29, 1.82) is 0 Å². The highest BCUT2D eigenvalue weighted by molar-refractivity contribution is 7.14. The van der Waals surface area contributed by atoms with Crippen molar-refractivity contribution >= 4 is 39.6 Å². The average Bonchev–Trinajstić information content (AvgIpc) is 3.40. The van der Waals surface area contributed by atoms with Crippen molar-refractivity contribution < 1.29 is 9.59 Å². The van der Waals surface area contributed by atoms with Crippen LogP contribution in [-0.2, 0) is 17.6 Å². The van der Waals surface area contributed by atoms with E-state index in [1.807, 2.05) is 10.8 Å². The number of aryl methyl sites for hydroxylation is 2. The number of fused-ring (bicyclic) bond motifs is 1. The Labute approximate surface area is 171 Å². The van der Waals surface area contributed by atoms with E-state index in [2.05, 4.69) is 33.8 Å². The van der Waals surface area contributed by atoms with E-state index in [4.69, 9.17) is 0 Å². The fraction of sp³-hybridized carbons (Fsp3) is 0.286. The lowest BCUT2D eigenvalue weighted by Gasteiger charge is -2.16. The lowest BCUT2D eigenvalue weighted by atomic mass is 9.90. The van der Waals surface area contributed by atoms with E-state index < -0.39 is 0 Å². The van der Waals surface area contributed by atoms with Crippen molar-refractivity contribution in [3.63, 3.8) is 0 Å². The minimum absolute atomic E-state index is 0.155. The third-order valence-electron chi connectivity index (χ3n) is 4.82. The number of aromatic nitrogens is 1. The molecule has 0 bridgehead atoms. The van der Waals surface area contributed by atoms with Crippen LogP contribution >= 0.6 is 22.7 Å². The Bertz CT molecular complexity index is 979. The highest BCUT2D eigenvalue weighted by Crippen LogP contribution is 2.29. The van der Waals surface area contributed by atoms with Gasteiger partial charge >= 0.3 is 0 Å². The first-order valence-corrected chi connectivity index (χ1v) is 11.2. The molecule has 7 heteroatoms. The smallest absolute Gasteiger partial charge is 0.252 e. The van der Waals surface area contributed by atoms with Gasteiger partial charge in [-0.25, -0.2) is 4.98 Å². The molecule has 28 heavy (non-hydrogen) atoms. The predicted octanol–water partition coefficient (Wildman–Crippen LogP) is 4.51. The number of nitrogens with one attached hydrogen (secondary N) is 2. The lowest BCUT2D eigenvalue weighted by molar-refractivity contribution is -0.116. The van der Waals surface area contributed by atoms with Gasteiger partial charge in [-0.3, -0.25) is 9.59 Å². The molecule has 144 valence electrons. The first-order chi connectivity index (χ1) is 13.7. The van der Waals surface area contributed by atoms with Gasteiger partial charge < -0.3 is 10.6 Å². The van der Waals surface area contributed by atoms with Crippen LogP contribution in [0.3, 0.4) is 0 Å². The number of thiophene rings is 1. The normalized spacial score (nSPS) is 13.0. The van der Waals surface area contributed by atoms with E-state index >= 15 is 0 Å². The van der Waals surface area contributed by atoms with Crippen LogP contribution in [-0.4, -0.2) is 23.3 Å². The van der Waals surface area contributed by atoms with Crippen molar-refractivity contribution in [3.8, 4) is 11.3 Å². The van der Waals surface area contributed by atoms with Crippen molar-refractivity contribution in [2.45, 2.75) is 32.1 Å². The summed E-state index contributed by atoms with van der Waals surface area (Å²) in [5.41, 5.74) is 5.48. The van der Waals surface area contributed by atoms with Gasteiger partial charge in [-0.05, 0) is 54.3 Å². The van der Waals surface area contributed by atoms with Gasteiger partial charge in [-0.15, -0.1) is 11.3 Å². The van der Waals surface area contributed by atoms with Crippen LogP contribution in [0.5, 0.6) is 0 Å². The summed E-state index contributed by atoms with van der Waals surface area (Å²) in [6, 6.07) is 8.31. The summed E-state index contributed by atoms with van der Waals surface area (Å²) in [7, 11) is 0. The Morgan fingerprint density at radius 3 is 2.75 bits per heavy atom. The molecule has 3 aromatic rings. The number of carbonyl (C=O) groups is 2. The Kier molecular flexibility index (Phi) is 5.83. The third-order valence-corrected chi connectivity index (χ3v) is 6.26. The van der Waals surface area contributed by atoms with Crippen molar-refractivity contribution in [3.05, 3.63) is 57.1 Å². The SMILES string of the molecule is O=C(CCNC(=O)c1ccsc1)Nc1nc(-c2ccc3c(c2)CCCC3)cs1. The predicted molar refractivity (Wildman–Crippen MR) is 114 cm³/mol. The first-order valence-electron chi connectivity index (χ1n) is 9.37. The van der Waals surface area contributed by atoms with Gasteiger partial charge in [-0.2, -0.15) is 11.3 Å². The van der Waals surface area contributed by atoms with Crippen LogP contribution in [0, 0.1) is 0 Å². The maximum absolute atomic E-state index is 12.1. The van der Waals surface area contributed by atoms with Crippen LogP contribution < -0.4 is 10.6 Å². The number of hydrogen-bond donors (Lipinski definition) is 2. The van der Waals surface area contributed by atoms with E-state index in [9.17, 15) is 9.59 Å². The van der Waals surface area contributed by atoms with Crippen LogP contribution in [0.15, 0.2) is 40.4 Å². The summed E-state index contributed by atoms with van der Waals surface area (Å²) in [4.78, 5) is 28.5. The first kappa shape index (κ1) is 18.8. The molecule has 1 aliphatic rings. The van der Waals surface area contributed by atoms with Gasteiger partial charge in [0.25, 0.3) is 5.91 Å². The van der Waals surface area contributed by atoms with Crippen molar-refractivity contribution in [2.75, 3.05) is 11.9 Å². The van der Waals surface area contributed by atoms with Crippen LogP contribution in [0.4, 0.5) is 5.13 Å². The van der Waals surface area contributed by atoms with Gasteiger partial charge in [0.1, 0.15) is 0 Å². The molecule has 0 unspecified atom stereocenters. The van der Waals surface area contributed by atoms with E-state index in [1.54, 1.807) is 11.4 Å². The molecule has 0 saturated heterocycles. The number of hydrogen-bond acceptors (Lipinski definition) is 5. The molecule has 2 heterocycles. The largest absolute Gasteiger partial charge is 0.351 e. The zero-order valence-corrected chi connectivity index (χ0v) is 17.0. The molecule has 0 spiro atoms. The van der Waals surface area contributed by atoms with E-state index in [-0.39, 0.29) is 18.2 Å². The molecule has 0 radical (unpaired) electrons. The number of nitrogens with zero attached hydrogens (tertiary/aromatic N) is 1. The molecule has 0 atom stereocenters. The summed E-state index contributed by atoms with van der Waals surface area (Å²) >= 11 is 2.89. The van der Waals surface area contributed by atoms with Crippen molar-refractivity contribution in [2.24, 2.45) is 0 Å². The minimum atomic E-state index is -0.156. The van der Waals surface area contributed by atoms with Crippen LogP contribution in [0.25, 0.3) is 11.3 Å². The average molecular weight is 412 g/mol. The fourth-order valence-corrected chi connectivity index (χ4v) is 4.70. The maximum Gasteiger partial charge on any atom is 0.252 e. The summed E-state index contributed by atoms with van der Waals surface area (Å²) < 4.78 is 0. The lowest BCUT2D eigenvalue weighted by Crippen LogP contribution is -2.27. The van der Waals surface area contributed by atoms with Crippen LogP contribution in [0.1, 0.15) is 40.7 Å². The Morgan fingerprint density at radius 2 is 1.93 bits per heavy atom. The number of rotatable bonds is 6. The second kappa shape index (κ2) is 8.67. The van der Waals surface area contributed by atoms with Crippen molar-refractivity contribution in [1.82, 2.24) is 10.3 Å². The maximum atomic E-state index is 12.1. The molecule has 0 fully saturated rings. The summed E-state index contributed by atoms with van der Waals surface area (Å²) in [6.07, 6.45) is 5.03. The monoisotopic (exact) mass is 411 g/mol. The Hall–Kier alpha value is -2.51. The molecule has 1 aliphatic carbocycles. The van der Waals surface area contributed by atoms with Gasteiger partial charge in [-0.1, -0.05) is 12.1 Å². The highest BCUT2D eigenvalue weighted by Gasteiger charge is 2.13. The van der Waals surface area contributed by atoms with Gasteiger partial charge in [0, 0.05) is 34.9 Å². The molecule has 5 nitrogen and oxygen atoms in total. The van der Waals surface area contributed by atoms with Gasteiger partial charge in [0.15, 0.2) is 5.13 Å². The van der Waals surface area contributed by atoms with E-state index in [0.717, 1.165) is 24.1 Å². The molecule has 1 aromatic carbocycles. The molecule has 2 N–H and O–H groups in total. The van der Waals surface area contributed by atoms with E-state index in [0.29, 0.717) is 17.2 Å². The molecule has 2 aromatic heterocycles. The zero-order valence-electron chi connectivity index (χ0n) is 15.4. The number of thiazole rings is 1. The number of anilines is 1. The number of carbonyl (C=O) groups excluding carboxylic acids is 2. The molecular weight excluding hydrogens is 390 g/mol. The third kappa shape index (κ3) is 4.48. The second-order valence-corrected chi connectivity index (χ2v) is 8.43. The molecule has 2 amide bonds. The minimum Gasteiger partial charge on any atom is -0.351 e. The quantitative estimate of drug-likeness (QED) is 0.627. The summed E-state index contributed by atoms with van der Waals surface area (Å²) in [5, 5.41) is 11.8. The topological polar surface area (TPSA) is 71.1 Å². The van der Waals surface area contributed by atoms with Gasteiger partial charge in [0.05, 0.1) is 5.69 Å². The number of benzene rings is 1. The standard InChI is InChI=1S/C21H21N3O2S2/c25-19(7-9-22-20(26)17-8-10-27-12-17)24-21-23-18(13-28-21)16-6-5-14-3-1-2-4-15(14)11-16/h5-6,8,10-13H,1-4,7,9H2,(H,22,26)(H,23,24,25). The highest BCUT2D eigenvalue weighted by atomic mass is 32.1. The summed E-state index contributed by atoms with van der Waals surface area (Å²) in [5.74, 6) is -0.310. The Balaban J connectivity index is 1.30. The summed E-state index contributed by atoms with van der Waals surface area (Å²) in [6.45, 7) is 0.295.